The number of hydrogen-bond donors (Lipinski definition) is 0. The van der Waals surface area contributed by atoms with Gasteiger partial charge in [-0.25, -0.2) is 0 Å². The SMILES string of the molecule is c1ccc2c(c1)ccc1oc3c(-c4ccc5ccc6cccc7ccc4c5c67)cc4cc(-c5ccc6ccc7cccc8ccc5c6c78)ccc4c3c12. The molecule has 0 spiro atoms. The standard InChI is InChI=1S/C52H28O/c1-2-10-39-29(5-1)20-26-45-50(39)51-40-22-19-36(38-21-15-34-13-11-30-6-3-8-32-17-24-42(38)48(34)46(30)32)27-37(40)28-44(52(51)53-45)41-23-16-35-14-12-31-7-4-9-33-18-25-43(41)49(35)47(31)33/h1-28H. The highest BCUT2D eigenvalue weighted by Crippen LogP contribution is 2.48. The van der Waals surface area contributed by atoms with Crippen LogP contribution in [0.15, 0.2) is 174 Å². The van der Waals surface area contributed by atoms with Gasteiger partial charge < -0.3 is 4.42 Å². The molecular weight excluding hydrogens is 641 g/mol. The van der Waals surface area contributed by atoms with Gasteiger partial charge >= 0.3 is 0 Å². The molecule has 0 fully saturated rings. The zero-order valence-electron chi connectivity index (χ0n) is 28.6. The first-order valence-corrected chi connectivity index (χ1v) is 18.4. The Bertz CT molecular complexity index is 3640. The van der Waals surface area contributed by atoms with Crippen molar-refractivity contribution in [2.24, 2.45) is 0 Å². The number of fused-ring (bicyclic) bond motifs is 7. The van der Waals surface area contributed by atoms with E-state index in [9.17, 15) is 0 Å². The monoisotopic (exact) mass is 668 g/mol. The second-order valence-corrected chi connectivity index (χ2v) is 14.8. The van der Waals surface area contributed by atoms with E-state index in [1.807, 2.05) is 0 Å². The molecule has 0 aliphatic carbocycles. The molecule has 13 aromatic rings. The molecule has 0 N–H and O–H groups in total. The maximum atomic E-state index is 6.98. The lowest BCUT2D eigenvalue weighted by molar-refractivity contribution is 0.670. The Morgan fingerprint density at radius 2 is 0.774 bits per heavy atom. The number of rotatable bonds is 2. The summed E-state index contributed by atoms with van der Waals surface area (Å²) in [5.74, 6) is 0. The van der Waals surface area contributed by atoms with Gasteiger partial charge in [-0.3, -0.25) is 0 Å². The van der Waals surface area contributed by atoms with Gasteiger partial charge in [0.25, 0.3) is 0 Å². The normalized spacial score (nSPS) is 12.5. The average molecular weight is 669 g/mol. The van der Waals surface area contributed by atoms with Gasteiger partial charge in [0.1, 0.15) is 11.2 Å². The molecule has 0 atom stereocenters. The van der Waals surface area contributed by atoms with Crippen LogP contribution >= 0.6 is 0 Å². The molecule has 0 aliphatic rings. The van der Waals surface area contributed by atoms with Crippen LogP contribution in [-0.2, 0) is 0 Å². The van der Waals surface area contributed by atoms with Crippen LogP contribution in [-0.4, -0.2) is 0 Å². The molecule has 0 saturated heterocycles. The molecule has 0 aliphatic heterocycles. The molecule has 1 nitrogen and oxygen atoms in total. The van der Waals surface area contributed by atoms with E-state index in [1.54, 1.807) is 0 Å². The minimum atomic E-state index is 0.918. The van der Waals surface area contributed by atoms with E-state index in [2.05, 4.69) is 170 Å². The molecule has 0 bridgehead atoms. The third kappa shape index (κ3) is 3.61. The van der Waals surface area contributed by atoms with Crippen molar-refractivity contribution >= 4 is 108 Å². The summed E-state index contributed by atoms with van der Waals surface area (Å²) in [6.07, 6.45) is 0. The first-order valence-electron chi connectivity index (χ1n) is 18.4. The predicted molar refractivity (Wildman–Crippen MR) is 227 cm³/mol. The van der Waals surface area contributed by atoms with Crippen molar-refractivity contribution in [1.29, 1.82) is 0 Å². The lowest BCUT2D eigenvalue weighted by Crippen LogP contribution is -1.89. The summed E-state index contributed by atoms with van der Waals surface area (Å²) in [5, 5.41) is 22.7. The molecule has 242 valence electrons. The van der Waals surface area contributed by atoms with Crippen LogP contribution in [0.25, 0.3) is 130 Å². The molecule has 53 heavy (non-hydrogen) atoms. The van der Waals surface area contributed by atoms with Gasteiger partial charge in [-0.05, 0) is 121 Å². The average Bonchev–Trinajstić information content (AvgIpc) is 3.62. The Hall–Kier alpha value is -6.96. The summed E-state index contributed by atoms with van der Waals surface area (Å²) in [6.45, 7) is 0. The van der Waals surface area contributed by atoms with E-state index in [0.29, 0.717) is 0 Å². The van der Waals surface area contributed by atoms with Crippen molar-refractivity contribution < 1.29 is 4.42 Å². The highest BCUT2D eigenvalue weighted by atomic mass is 16.3. The minimum absolute atomic E-state index is 0.918. The molecule has 12 aromatic carbocycles. The van der Waals surface area contributed by atoms with Gasteiger partial charge in [0.2, 0.25) is 0 Å². The number of hydrogen-bond acceptors (Lipinski definition) is 1. The van der Waals surface area contributed by atoms with Crippen molar-refractivity contribution in [2.45, 2.75) is 0 Å². The Labute approximate surface area is 303 Å². The summed E-state index contributed by atoms with van der Waals surface area (Å²) >= 11 is 0. The fourth-order valence-electron chi connectivity index (χ4n) is 9.77. The summed E-state index contributed by atoms with van der Waals surface area (Å²) in [6, 6.07) is 63.1. The molecule has 1 heteroatoms. The smallest absolute Gasteiger partial charge is 0.143 e. The lowest BCUT2D eigenvalue weighted by Gasteiger charge is -2.16. The minimum Gasteiger partial charge on any atom is -0.455 e. The van der Waals surface area contributed by atoms with Gasteiger partial charge in [0.15, 0.2) is 0 Å². The third-order valence-corrected chi connectivity index (χ3v) is 12.1. The molecule has 0 unspecified atom stereocenters. The maximum absolute atomic E-state index is 6.98. The van der Waals surface area contributed by atoms with Crippen molar-refractivity contribution in [1.82, 2.24) is 0 Å². The molecule has 0 radical (unpaired) electrons. The van der Waals surface area contributed by atoms with Crippen molar-refractivity contribution in [3.63, 3.8) is 0 Å². The Kier molecular flexibility index (Phi) is 5.17. The van der Waals surface area contributed by atoms with Gasteiger partial charge in [-0.1, -0.05) is 152 Å². The summed E-state index contributed by atoms with van der Waals surface area (Å²) in [4.78, 5) is 0. The van der Waals surface area contributed by atoms with Crippen LogP contribution in [0.4, 0.5) is 0 Å². The summed E-state index contributed by atoms with van der Waals surface area (Å²) < 4.78 is 6.98. The number of benzene rings is 12. The van der Waals surface area contributed by atoms with E-state index in [0.717, 1.165) is 16.7 Å². The summed E-state index contributed by atoms with van der Waals surface area (Å²) in [5.41, 5.74) is 6.64. The lowest BCUT2D eigenvalue weighted by atomic mass is 9.87. The van der Waals surface area contributed by atoms with Crippen LogP contribution in [0.5, 0.6) is 0 Å². The Morgan fingerprint density at radius 1 is 0.264 bits per heavy atom. The maximum Gasteiger partial charge on any atom is 0.143 e. The van der Waals surface area contributed by atoms with E-state index in [-0.39, 0.29) is 0 Å². The van der Waals surface area contributed by atoms with Gasteiger partial charge in [0, 0.05) is 16.3 Å². The first kappa shape index (κ1) is 27.7. The van der Waals surface area contributed by atoms with E-state index >= 15 is 0 Å². The topological polar surface area (TPSA) is 13.1 Å². The fraction of sp³-hybridized carbons (Fsp3) is 0. The van der Waals surface area contributed by atoms with E-state index in [1.165, 1.54) is 114 Å². The molecular formula is C52H28O. The zero-order chi connectivity index (χ0) is 34.4. The van der Waals surface area contributed by atoms with Crippen molar-refractivity contribution in [2.75, 3.05) is 0 Å². The third-order valence-electron chi connectivity index (χ3n) is 12.1. The fourth-order valence-corrected chi connectivity index (χ4v) is 9.77. The van der Waals surface area contributed by atoms with Gasteiger partial charge in [0.05, 0.1) is 0 Å². The second kappa shape index (κ2) is 9.88. The quantitative estimate of drug-likeness (QED) is 0.167. The van der Waals surface area contributed by atoms with E-state index < -0.39 is 0 Å². The van der Waals surface area contributed by atoms with Gasteiger partial charge in [-0.2, -0.15) is 0 Å². The second-order valence-electron chi connectivity index (χ2n) is 14.8. The van der Waals surface area contributed by atoms with Gasteiger partial charge in [-0.15, -0.1) is 0 Å². The first-order chi connectivity index (χ1) is 26.3. The summed E-state index contributed by atoms with van der Waals surface area (Å²) in [7, 11) is 0. The van der Waals surface area contributed by atoms with Crippen LogP contribution in [0.2, 0.25) is 0 Å². The molecule has 0 amide bonds. The highest BCUT2D eigenvalue weighted by Gasteiger charge is 2.21. The Balaban J connectivity index is 1.16. The molecule has 13 rings (SSSR count). The van der Waals surface area contributed by atoms with Crippen molar-refractivity contribution in [3.8, 4) is 22.3 Å². The van der Waals surface area contributed by atoms with Crippen molar-refractivity contribution in [3.05, 3.63) is 170 Å². The molecule has 0 saturated carbocycles. The molecule has 1 aromatic heterocycles. The van der Waals surface area contributed by atoms with E-state index in [4.69, 9.17) is 4.42 Å². The van der Waals surface area contributed by atoms with Crippen LogP contribution < -0.4 is 0 Å². The Morgan fingerprint density at radius 3 is 1.47 bits per heavy atom. The zero-order valence-corrected chi connectivity index (χ0v) is 28.6. The largest absolute Gasteiger partial charge is 0.455 e. The molecule has 1 heterocycles. The highest BCUT2D eigenvalue weighted by molar-refractivity contribution is 6.32. The number of furan rings is 1. The predicted octanol–water partition coefficient (Wildman–Crippen LogP) is 15.0. The van der Waals surface area contributed by atoms with Crippen LogP contribution in [0.1, 0.15) is 0 Å². The van der Waals surface area contributed by atoms with Crippen LogP contribution in [0, 0.1) is 0 Å². The van der Waals surface area contributed by atoms with Crippen LogP contribution in [0.3, 0.4) is 0 Å².